The Morgan fingerprint density at radius 1 is 0.900 bits per heavy atom. The van der Waals surface area contributed by atoms with Crippen LogP contribution in [0.4, 0.5) is 0 Å². The molecule has 5 heteroatoms. The summed E-state index contributed by atoms with van der Waals surface area (Å²) in [5.41, 5.74) is 0.705. The van der Waals surface area contributed by atoms with Crippen molar-refractivity contribution in [1.29, 1.82) is 0 Å². The molecular formula is C25H37NO4. The van der Waals surface area contributed by atoms with Crippen LogP contribution in [0.2, 0.25) is 0 Å². The zero-order valence-electron chi connectivity index (χ0n) is 18.7. The van der Waals surface area contributed by atoms with E-state index in [1.807, 2.05) is 11.9 Å². The Bertz CT molecular complexity index is 701. The van der Waals surface area contributed by atoms with Crippen LogP contribution in [0.3, 0.4) is 0 Å². The highest BCUT2D eigenvalue weighted by molar-refractivity contribution is 5.98. The van der Waals surface area contributed by atoms with Crippen molar-refractivity contribution >= 4 is 11.9 Å². The number of benzene rings is 1. The predicted octanol–water partition coefficient (Wildman–Crippen LogP) is 4.98. The first kappa shape index (κ1) is 25.7. The van der Waals surface area contributed by atoms with Gasteiger partial charge in [-0.3, -0.25) is 14.5 Å². The lowest BCUT2D eigenvalue weighted by atomic mass is 9.87. The van der Waals surface area contributed by atoms with Crippen LogP contribution >= 0.6 is 0 Å². The smallest absolute Gasteiger partial charge is 0.321 e. The summed E-state index contributed by atoms with van der Waals surface area (Å²) < 4.78 is 0. The highest BCUT2D eigenvalue weighted by Gasteiger charge is 2.40. The van der Waals surface area contributed by atoms with Crippen molar-refractivity contribution in [3.8, 4) is 11.8 Å². The van der Waals surface area contributed by atoms with E-state index in [0.29, 0.717) is 6.54 Å². The lowest BCUT2D eigenvalue weighted by Crippen LogP contribution is -2.35. The Hall–Kier alpha value is -2.32. The fourth-order valence-electron chi connectivity index (χ4n) is 3.14. The number of hydrogen-bond donors (Lipinski definition) is 2. The lowest BCUT2D eigenvalue weighted by molar-refractivity contribution is -0.162. The van der Waals surface area contributed by atoms with Crippen LogP contribution in [0.15, 0.2) is 24.3 Å². The molecule has 5 nitrogen and oxygen atoms in total. The fourth-order valence-corrected chi connectivity index (χ4v) is 3.14. The molecule has 0 spiro atoms. The van der Waals surface area contributed by atoms with Crippen LogP contribution in [0, 0.1) is 17.3 Å². The SMILES string of the molecule is CCCCCCCCCc1ccc(CN(C)CC#CCC(C)(C(=O)O)C(=O)O)cc1. The highest BCUT2D eigenvalue weighted by Crippen LogP contribution is 2.21. The van der Waals surface area contributed by atoms with Gasteiger partial charge >= 0.3 is 11.9 Å². The van der Waals surface area contributed by atoms with E-state index in [0.717, 1.165) is 13.0 Å². The average molecular weight is 416 g/mol. The van der Waals surface area contributed by atoms with Crippen molar-refractivity contribution in [2.75, 3.05) is 13.6 Å². The number of aryl methyl sites for hydroxylation is 1. The van der Waals surface area contributed by atoms with Crippen molar-refractivity contribution < 1.29 is 19.8 Å². The molecule has 0 radical (unpaired) electrons. The molecule has 0 saturated heterocycles. The van der Waals surface area contributed by atoms with Crippen molar-refractivity contribution in [2.45, 2.75) is 78.2 Å². The van der Waals surface area contributed by atoms with Gasteiger partial charge in [0.15, 0.2) is 5.41 Å². The molecule has 1 rings (SSSR count). The number of unbranched alkanes of at least 4 members (excludes halogenated alkanes) is 6. The van der Waals surface area contributed by atoms with Crippen LogP contribution < -0.4 is 0 Å². The molecule has 1 aromatic carbocycles. The number of carboxylic acid groups (broad SMARTS) is 2. The van der Waals surface area contributed by atoms with Crippen LogP contribution in [0.5, 0.6) is 0 Å². The summed E-state index contributed by atoms with van der Waals surface area (Å²) in [4.78, 5) is 24.3. The zero-order valence-corrected chi connectivity index (χ0v) is 18.7. The van der Waals surface area contributed by atoms with Gasteiger partial charge in [-0.25, -0.2) is 0 Å². The van der Waals surface area contributed by atoms with E-state index in [1.54, 1.807) is 0 Å². The van der Waals surface area contributed by atoms with Gasteiger partial charge in [0.2, 0.25) is 0 Å². The van der Waals surface area contributed by atoms with E-state index in [2.05, 4.69) is 43.0 Å². The van der Waals surface area contributed by atoms with E-state index in [4.69, 9.17) is 10.2 Å². The van der Waals surface area contributed by atoms with Gasteiger partial charge in [0.1, 0.15) is 0 Å². The molecule has 0 fully saturated rings. The Labute approximate surface area is 181 Å². The maximum atomic E-state index is 11.1. The quantitative estimate of drug-likeness (QED) is 0.254. The molecule has 2 N–H and O–H groups in total. The summed E-state index contributed by atoms with van der Waals surface area (Å²) in [6.45, 7) is 4.62. The van der Waals surface area contributed by atoms with Gasteiger partial charge in [0.25, 0.3) is 0 Å². The maximum absolute atomic E-state index is 11.1. The molecule has 0 aromatic heterocycles. The number of aliphatic carboxylic acids is 2. The molecule has 0 bridgehead atoms. The van der Waals surface area contributed by atoms with Crippen LogP contribution in [-0.4, -0.2) is 40.6 Å². The fraction of sp³-hybridized carbons (Fsp3) is 0.600. The second kappa shape index (κ2) is 13.8. The normalized spacial score (nSPS) is 11.2. The van der Waals surface area contributed by atoms with Gasteiger partial charge < -0.3 is 10.2 Å². The number of carbonyl (C=O) groups is 2. The van der Waals surface area contributed by atoms with Gasteiger partial charge in [0, 0.05) is 13.0 Å². The molecule has 166 valence electrons. The standard InChI is InChI=1S/C25H37NO4/c1-4-5-6-7-8-9-10-13-21-14-16-22(17-15-21)20-26(3)19-12-11-18-25(2,23(27)28)24(29)30/h14-17H,4-10,13,18-20H2,1-3H3,(H,27,28)(H,29,30). The summed E-state index contributed by atoms with van der Waals surface area (Å²) in [6.07, 6.45) is 10.2. The Kier molecular flexibility index (Phi) is 11.8. The van der Waals surface area contributed by atoms with Gasteiger partial charge in [-0.15, -0.1) is 5.92 Å². The van der Waals surface area contributed by atoms with E-state index >= 15 is 0 Å². The largest absolute Gasteiger partial charge is 0.480 e. The third-order valence-electron chi connectivity index (χ3n) is 5.40. The molecule has 0 unspecified atom stereocenters. The minimum Gasteiger partial charge on any atom is -0.480 e. The summed E-state index contributed by atoms with van der Waals surface area (Å²) in [5.74, 6) is 2.86. The number of rotatable bonds is 14. The van der Waals surface area contributed by atoms with Crippen LogP contribution in [-0.2, 0) is 22.6 Å². The van der Waals surface area contributed by atoms with Gasteiger partial charge in [0.05, 0.1) is 6.54 Å². The summed E-state index contributed by atoms with van der Waals surface area (Å²) in [7, 11) is 1.94. The Balaban J connectivity index is 2.35. The first-order valence-corrected chi connectivity index (χ1v) is 11.0. The maximum Gasteiger partial charge on any atom is 0.321 e. The molecule has 0 aliphatic carbocycles. The van der Waals surface area contributed by atoms with Gasteiger partial charge in [-0.05, 0) is 37.9 Å². The molecular weight excluding hydrogens is 378 g/mol. The summed E-state index contributed by atoms with van der Waals surface area (Å²) in [6, 6.07) is 8.67. The minimum absolute atomic E-state index is 0.210. The van der Waals surface area contributed by atoms with Crippen molar-refractivity contribution in [2.24, 2.45) is 5.41 Å². The molecule has 0 amide bonds. The van der Waals surface area contributed by atoms with Crippen molar-refractivity contribution in [3.63, 3.8) is 0 Å². The predicted molar refractivity (Wildman–Crippen MR) is 120 cm³/mol. The Morgan fingerprint density at radius 2 is 1.43 bits per heavy atom. The number of carboxylic acids is 2. The van der Waals surface area contributed by atoms with E-state index in [-0.39, 0.29) is 6.42 Å². The second-order valence-electron chi connectivity index (χ2n) is 8.33. The molecule has 1 aromatic rings. The van der Waals surface area contributed by atoms with Gasteiger partial charge in [-0.2, -0.15) is 0 Å². The zero-order chi connectivity index (χ0) is 22.4. The number of hydrogen-bond acceptors (Lipinski definition) is 3. The molecule has 0 saturated carbocycles. The molecule has 30 heavy (non-hydrogen) atoms. The van der Waals surface area contributed by atoms with Crippen molar-refractivity contribution in [3.05, 3.63) is 35.4 Å². The molecule has 0 aliphatic heterocycles. The minimum atomic E-state index is -1.86. The van der Waals surface area contributed by atoms with Crippen molar-refractivity contribution in [1.82, 2.24) is 4.90 Å². The summed E-state index contributed by atoms with van der Waals surface area (Å²) in [5, 5.41) is 18.2. The molecule has 0 heterocycles. The first-order chi connectivity index (χ1) is 14.3. The third-order valence-corrected chi connectivity index (χ3v) is 5.40. The first-order valence-electron chi connectivity index (χ1n) is 11.0. The van der Waals surface area contributed by atoms with Crippen LogP contribution in [0.25, 0.3) is 0 Å². The van der Waals surface area contributed by atoms with E-state index in [1.165, 1.54) is 63.0 Å². The molecule has 0 aliphatic rings. The topological polar surface area (TPSA) is 77.8 Å². The lowest BCUT2D eigenvalue weighted by Gasteiger charge is -2.16. The van der Waals surface area contributed by atoms with Crippen LogP contribution in [0.1, 0.15) is 76.3 Å². The molecule has 0 atom stereocenters. The summed E-state index contributed by atoms with van der Waals surface area (Å²) >= 11 is 0. The monoisotopic (exact) mass is 415 g/mol. The van der Waals surface area contributed by atoms with Gasteiger partial charge in [-0.1, -0.05) is 75.6 Å². The third kappa shape index (κ3) is 9.45. The van der Waals surface area contributed by atoms with E-state index < -0.39 is 17.4 Å². The number of nitrogens with zero attached hydrogens (tertiary/aromatic N) is 1. The second-order valence-corrected chi connectivity index (χ2v) is 8.33. The highest BCUT2D eigenvalue weighted by atomic mass is 16.4. The Morgan fingerprint density at radius 3 is 2.00 bits per heavy atom. The average Bonchev–Trinajstić information content (AvgIpc) is 2.71. The van der Waals surface area contributed by atoms with E-state index in [9.17, 15) is 9.59 Å².